The largest absolute Gasteiger partial charge is 0.455 e. The van der Waals surface area contributed by atoms with E-state index in [1.807, 2.05) is 23.9 Å². The zero-order valence-electron chi connectivity index (χ0n) is 30.0. The van der Waals surface area contributed by atoms with Crippen LogP contribution in [0.5, 0.6) is 23.0 Å². The van der Waals surface area contributed by atoms with E-state index in [0.29, 0.717) is 0 Å². The first-order valence-corrected chi connectivity index (χ1v) is 19.7. The molecule has 3 heterocycles. The summed E-state index contributed by atoms with van der Waals surface area (Å²) >= 11 is 3.62. The number of benzene rings is 7. The van der Waals surface area contributed by atoms with Crippen LogP contribution in [0.25, 0.3) is 11.1 Å². The molecule has 0 amide bonds. The molecule has 0 spiro atoms. The van der Waals surface area contributed by atoms with Crippen molar-refractivity contribution in [2.24, 2.45) is 0 Å². The number of nitrogens with zero attached hydrogens (tertiary/aromatic N) is 1. The van der Waals surface area contributed by atoms with Gasteiger partial charge in [0.1, 0.15) is 17.2 Å². The highest BCUT2D eigenvalue weighted by Gasteiger charge is 2.39. The third kappa shape index (κ3) is 5.05. The molecule has 0 saturated carbocycles. The van der Waals surface area contributed by atoms with Gasteiger partial charge in [0.15, 0.2) is 5.75 Å². The lowest BCUT2D eigenvalue weighted by Gasteiger charge is -2.39. The number of rotatable bonds is 4. The van der Waals surface area contributed by atoms with Crippen molar-refractivity contribution in [2.45, 2.75) is 58.1 Å². The van der Waals surface area contributed by atoms with Gasteiger partial charge in [-0.05, 0) is 71.3 Å². The lowest BCUT2D eigenvalue weighted by molar-refractivity contribution is 0.419. The van der Waals surface area contributed by atoms with Crippen LogP contribution in [0.3, 0.4) is 0 Å². The van der Waals surface area contributed by atoms with E-state index in [4.69, 9.17) is 9.47 Å². The number of hydrogen-bond acceptors (Lipinski definition) is 5. The Hall–Kier alpha value is -5.36. The van der Waals surface area contributed by atoms with Crippen molar-refractivity contribution in [1.29, 1.82) is 0 Å². The average Bonchev–Trinajstić information content (AvgIpc) is 3.18. The van der Waals surface area contributed by atoms with Crippen LogP contribution in [0.2, 0.25) is 0 Å². The number of fused-ring (bicyclic) bond motifs is 6. The lowest BCUT2D eigenvalue weighted by atomic mass is 9.75. The standard InChI is InChI=1S/C48H37NO2S2/c1-47(2)33-15-5-7-21-39(33)50-45-35(47)17-12-19-37(45)49(38-20-13-18-36-46(38)53-41-23-9-6-16-34(41)48(36,3)4)31-28-26-30(27-29-31)32-14-11-25-43-44(32)51-40-22-8-10-24-42(40)52-43/h5-29H,1-4H3. The van der Waals surface area contributed by atoms with Gasteiger partial charge in [0.25, 0.3) is 0 Å². The molecule has 0 unspecified atom stereocenters. The quantitative estimate of drug-likeness (QED) is 0.180. The molecule has 0 fully saturated rings. The van der Waals surface area contributed by atoms with E-state index in [-0.39, 0.29) is 10.8 Å². The van der Waals surface area contributed by atoms with E-state index in [0.717, 1.165) is 61.0 Å². The molecule has 0 saturated heterocycles. The number of ether oxygens (including phenoxy) is 2. The fraction of sp³-hybridized carbons (Fsp3) is 0.125. The summed E-state index contributed by atoms with van der Waals surface area (Å²) in [7, 11) is 0. The molecule has 53 heavy (non-hydrogen) atoms. The maximum Gasteiger partial charge on any atom is 0.155 e. The number of para-hydroxylation sites is 4. The Bertz CT molecular complexity index is 2480. The Morgan fingerprint density at radius 3 is 1.83 bits per heavy atom. The van der Waals surface area contributed by atoms with Crippen LogP contribution in [-0.2, 0) is 10.8 Å². The second-order valence-corrected chi connectivity index (χ2v) is 17.1. The van der Waals surface area contributed by atoms with Crippen molar-refractivity contribution in [3.05, 3.63) is 174 Å². The first-order valence-electron chi connectivity index (χ1n) is 18.1. The molecule has 0 aromatic heterocycles. The number of anilines is 3. The SMILES string of the molecule is CC1(C)c2ccccc2Oc2c(N(c3ccc(-c4cccc5c4Oc4ccccc4S5)cc3)c3cccc4c3Sc3ccccc3C4(C)C)cccc21. The molecule has 0 bridgehead atoms. The summed E-state index contributed by atoms with van der Waals surface area (Å²) in [5, 5.41) is 0. The van der Waals surface area contributed by atoms with Crippen molar-refractivity contribution in [3.63, 3.8) is 0 Å². The van der Waals surface area contributed by atoms with Crippen LogP contribution in [0.4, 0.5) is 17.1 Å². The van der Waals surface area contributed by atoms with Crippen LogP contribution in [0.15, 0.2) is 171 Å². The van der Waals surface area contributed by atoms with Crippen molar-refractivity contribution in [1.82, 2.24) is 0 Å². The van der Waals surface area contributed by atoms with Gasteiger partial charge in [-0.25, -0.2) is 0 Å². The summed E-state index contributed by atoms with van der Waals surface area (Å²) in [6, 6.07) is 54.3. The summed E-state index contributed by atoms with van der Waals surface area (Å²) < 4.78 is 13.5. The normalized spacial score (nSPS) is 15.2. The minimum atomic E-state index is -0.245. The van der Waals surface area contributed by atoms with Gasteiger partial charge in [0.05, 0.1) is 21.2 Å². The van der Waals surface area contributed by atoms with Gasteiger partial charge in [-0.2, -0.15) is 0 Å². The topological polar surface area (TPSA) is 21.7 Å². The predicted molar refractivity (Wildman–Crippen MR) is 219 cm³/mol. The van der Waals surface area contributed by atoms with Gasteiger partial charge in [-0.1, -0.05) is 148 Å². The first kappa shape index (κ1) is 32.3. The summed E-state index contributed by atoms with van der Waals surface area (Å²) in [4.78, 5) is 7.22. The van der Waals surface area contributed by atoms with Crippen LogP contribution >= 0.6 is 23.5 Å². The molecule has 0 aliphatic carbocycles. The van der Waals surface area contributed by atoms with Gasteiger partial charge in [-0.3, -0.25) is 0 Å². The van der Waals surface area contributed by atoms with Gasteiger partial charge in [0.2, 0.25) is 0 Å². The van der Waals surface area contributed by atoms with E-state index < -0.39 is 0 Å². The Labute approximate surface area is 319 Å². The predicted octanol–water partition coefficient (Wildman–Crippen LogP) is 14.3. The van der Waals surface area contributed by atoms with Crippen molar-refractivity contribution >= 4 is 40.6 Å². The minimum Gasteiger partial charge on any atom is -0.455 e. The highest BCUT2D eigenvalue weighted by atomic mass is 32.2. The van der Waals surface area contributed by atoms with E-state index in [1.165, 1.54) is 32.0 Å². The lowest BCUT2D eigenvalue weighted by Crippen LogP contribution is -2.26. The smallest absolute Gasteiger partial charge is 0.155 e. The highest BCUT2D eigenvalue weighted by Crippen LogP contribution is 2.58. The third-order valence-corrected chi connectivity index (χ3v) is 13.4. The monoisotopic (exact) mass is 723 g/mol. The molecule has 3 nitrogen and oxygen atoms in total. The van der Waals surface area contributed by atoms with Crippen LogP contribution in [0.1, 0.15) is 49.9 Å². The fourth-order valence-electron chi connectivity index (χ4n) is 8.23. The molecule has 7 aromatic rings. The fourth-order valence-corrected chi connectivity index (χ4v) is 10.7. The van der Waals surface area contributed by atoms with E-state index in [2.05, 4.69) is 172 Å². The number of hydrogen-bond donors (Lipinski definition) is 0. The molecule has 0 radical (unpaired) electrons. The van der Waals surface area contributed by atoms with Crippen LogP contribution < -0.4 is 14.4 Å². The Morgan fingerprint density at radius 2 is 1.02 bits per heavy atom. The third-order valence-electron chi connectivity index (χ3n) is 11.1. The second-order valence-electron chi connectivity index (χ2n) is 14.9. The van der Waals surface area contributed by atoms with Gasteiger partial charge in [-0.15, -0.1) is 0 Å². The minimum absolute atomic E-state index is 0.167. The molecular weight excluding hydrogens is 687 g/mol. The maximum atomic E-state index is 6.93. The summed E-state index contributed by atoms with van der Waals surface area (Å²) in [5.74, 6) is 3.59. The molecular formula is C48H37NO2S2. The Kier molecular flexibility index (Phi) is 7.37. The van der Waals surface area contributed by atoms with Crippen molar-refractivity contribution in [2.75, 3.05) is 4.90 Å². The summed E-state index contributed by atoms with van der Waals surface area (Å²) in [6.45, 7) is 9.29. The molecule has 5 heteroatoms. The van der Waals surface area contributed by atoms with Crippen LogP contribution in [0, 0.1) is 0 Å². The molecule has 7 aromatic carbocycles. The zero-order chi connectivity index (χ0) is 35.9. The Morgan fingerprint density at radius 1 is 0.434 bits per heavy atom. The average molecular weight is 724 g/mol. The second kappa shape index (κ2) is 12.1. The van der Waals surface area contributed by atoms with Crippen molar-refractivity contribution in [3.8, 4) is 34.1 Å². The van der Waals surface area contributed by atoms with E-state index in [9.17, 15) is 0 Å². The van der Waals surface area contributed by atoms with Gasteiger partial charge in [0, 0.05) is 43.0 Å². The van der Waals surface area contributed by atoms with Gasteiger partial charge >= 0.3 is 0 Å². The molecule has 0 atom stereocenters. The molecule has 3 aliphatic rings. The molecule has 10 rings (SSSR count). The molecule has 0 N–H and O–H groups in total. The Balaban J connectivity index is 1.15. The zero-order valence-corrected chi connectivity index (χ0v) is 31.6. The molecule has 258 valence electrons. The first-order chi connectivity index (χ1) is 25.8. The van der Waals surface area contributed by atoms with Crippen LogP contribution in [-0.4, -0.2) is 0 Å². The molecule has 3 aliphatic heterocycles. The van der Waals surface area contributed by atoms with Crippen molar-refractivity contribution < 1.29 is 9.47 Å². The van der Waals surface area contributed by atoms with E-state index >= 15 is 0 Å². The van der Waals surface area contributed by atoms with E-state index in [1.54, 1.807) is 11.8 Å². The maximum absolute atomic E-state index is 6.93. The summed E-state index contributed by atoms with van der Waals surface area (Å²) in [5.41, 5.74) is 10.0. The summed E-state index contributed by atoms with van der Waals surface area (Å²) in [6.07, 6.45) is 0. The highest BCUT2D eigenvalue weighted by molar-refractivity contribution is 8.00. The van der Waals surface area contributed by atoms with Gasteiger partial charge < -0.3 is 14.4 Å².